The van der Waals surface area contributed by atoms with E-state index in [9.17, 15) is 4.79 Å². The molecule has 0 aromatic heterocycles. The zero-order chi connectivity index (χ0) is 11.9. The van der Waals surface area contributed by atoms with Gasteiger partial charge in [0.05, 0.1) is 0 Å². The number of carbonyl (C=O) groups excluding carboxylic acids is 1. The first-order chi connectivity index (χ1) is 8.20. The van der Waals surface area contributed by atoms with Gasteiger partial charge in [-0.2, -0.15) is 0 Å². The van der Waals surface area contributed by atoms with Gasteiger partial charge in [-0.05, 0) is 49.5 Å². The maximum atomic E-state index is 12.1. The lowest BCUT2D eigenvalue weighted by Gasteiger charge is -2.34. The zero-order valence-corrected chi connectivity index (χ0v) is 10.8. The Hall–Kier alpha value is -0.570. The normalized spacial score (nSPS) is 44.2. The van der Waals surface area contributed by atoms with E-state index < -0.39 is 0 Å². The van der Waals surface area contributed by atoms with Crippen molar-refractivity contribution >= 4 is 5.91 Å². The fraction of sp³-hybridized carbons (Fsp3) is 0.929. The summed E-state index contributed by atoms with van der Waals surface area (Å²) in [5.41, 5.74) is 0.276. The average Bonchev–Trinajstić information content (AvgIpc) is 2.81. The highest BCUT2D eigenvalue weighted by atomic mass is 16.2. The van der Waals surface area contributed by atoms with Crippen molar-refractivity contribution in [2.24, 2.45) is 23.2 Å². The van der Waals surface area contributed by atoms with Gasteiger partial charge in [0.2, 0.25) is 5.91 Å². The van der Waals surface area contributed by atoms with Crippen LogP contribution in [0.4, 0.5) is 0 Å². The highest BCUT2D eigenvalue weighted by Gasteiger charge is 2.56. The van der Waals surface area contributed by atoms with E-state index in [1.54, 1.807) is 0 Å². The molecule has 0 spiro atoms. The molecule has 2 N–H and O–H groups in total. The van der Waals surface area contributed by atoms with Crippen LogP contribution in [-0.4, -0.2) is 25.5 Å². The molecule has 0 bridgehead atoms. The van der Waals surface area contributed by atoms with Crippen molar-refractivity contribution in [1.82, 2.24) is 10.6 Å². The molecule has 3 nitrogen and oxygen atoms in total. The van der Waals surface area contributed by atoms with E-state index >= 15 is 0 Å². The summed E-state index contributed by atoms with van der Waals surface area (Å²) in [7, 11) is 0. The van der Waals surface area contributed by atoms with Crippen LogP contribution in [0, 0.1) is 23.2 Å². The Balaban J connectivity index is 1.46. The summed E-state index contributed by atoms with van der Waals surface area (Å²) in [5.74, 6) is 2.20. The van der Waals surface area contributed by atoms with E-state index in [0.717, 1.165) is 31.5 Å². The number of hydrogen-bond acceptors (Lipinski definition) is 2. The van der Waals surface area contributed by atoms with Crippen molar-refractivity contribution in [1.29, 1.82) is 0 Å². The SMILES string of the molecule is CC1(CNC(=O)C2C3CCCC32)CCCNC1. The van der Waals surface area contributed by atoms with Gasteiger partial charge in [0, 0.05) is 19.0 Å². The van der Waals surface area contributed by atoms with Crippen molar-refractivity contribution in [3.05, 3.63) is 0 Å². The van der Waals surface area contributed by atoms with Crippen LogP contribution in [0.1, 0.15) is 39.0 Å². The second kappa shape index (κ2) is 4.27. The lowest BCUT2D eigenvalue weighted by Crippen LogP contribution is -2.46. The van der Waals surface area contributed by atoms with Crippen molar-refractivity contribution < 1.29 is 4.79 Å². The van der Waals surface area contributed by atoms with E-state index in [4.69, 9.17) is 0 Å². The van der Waals surface area contributed by atoms with E-state index in [2.05, 4.69) is 17.6 Å². The van der Waals surface area contributed by atoms with Crippen molar-refractivity contribution in [2.75, 3.05) is 19.6 Å². The van der Waals surface area contributed by atoms with Gasteiger partial charge in [-0.1, -0.05) is 13.3 Å². The minimum Gasteiger partial charge on any atom is -0.355 e. The predicted molar refractivity (Wildman–Crippen MR) is 67.5 cm³/mol. The van der Waals surface area contributed by atoms with Crippen LogP contribution < -0.4 is 10.6 Å². The number of carbonyl (C=O) groups is 1. The number of piperidine rings is 1. The number of rotatable bonds is 3. The summed E-state index contributed by atoms with van der Waals surface area (Å²) < 4.78 is 0. The first kappa shape index (κ1) is 11.5. The molecule has 1 amide bonds. The molecule has 3 fully saturated rings. The number of hydrogen-bond donors (Lipinski definition) is 2. The van der Waals surface area contributed by atoms with Crippen LogP contribution in [0.2, 0.25) is 0 Å². The van der Waals surface area contributed by atoms with E-state index in [1.807, 2.05) is 0 Å². The minimum atomic E-state index is 0.276. The fourth-order valence-corrected chi connectivity index (χ4v) is 3.90. The summed E-state index contributed by atoms with van der Waals surface area (Å²) in [6.07, 6.45) is 6.41. The Bertz CT molecular complexity index is 299. The number of nitrogens with one attached hydrogen (secondary N) is 2. The molecule has 0 radical (unpaired) electrons. The van der Waals surface area contributed by atoms with Gasteiger partial charge in [0.15, 0.2) is 0 Å². The van der Waals surface area contributed by atoms with Crippen LogP contribution in [-0.2, 0) is 4.79 Å². The molecule has 96 valence electrons. The van der Waals surface area contributed by atoms with E-state index in [1.165, 1.54) is 32.1 Å². The second-order valence-corrected chi connectivity index (χ2v) is 6.59. The number of amides is 1. The van der Waals surface area contributed by atoms with Gasteiger partial charge in [0.25, 0.3) is 0 Å². The molecule has 1 heterocycles. The van der Waals surface area contributed by atoms with Gasteiger partial charge in [0.1, 0.15) is 0 Å². The largest absolute Gasteiger partial charge is 0.355 e. The fourth-order valence-electron chi connectivity index (χ4n) is 3.90. The Labute approximate surface area is 104 Å². The lowest BCUT2D eigenvalue weighted by molar-refractivity contribution is -0.123. The molecule has 3 aliphatic rings. The van der Waals surface area contributed by atoms with Crippen LogP contribution in [0.25, 0.3) is 0 Å². The van der Waals surface area contributed by atoms with Crippen LogP contribution in [0.3, 0.4) is 0 Å². The molecular formula is C14H24N2O. The molecule has 0 aromatic carbocycles. The molecule has 3 atom stereocenters. The third-order valence-electron chi connectivity index (χ3n) is 5.08. The third kappa shape index (κ3) is 2.22. The Kier molecular flexibility index (Phi) is 2.89. The van der Waals surface area contributed by atoms with Crippen molar-refractivity contribution in [2.45, 2.75) is 39.0 Å². The number of fused-ring (bicyclic) bond motifs is 1. The summed E-state index contributed by atoms with van der Waals surface area (Å²) in [5, 5.41) is 6.64. The topological polar surface area (TPSA) is 41.1 Å². The van der Waals surface area contributed by atoms with Crippen LogP contribution in [0.15, 0.2) is 0 Å². The summed E-state index contributed by atoms with van der Waals surface area (Å²) >= 11 is 0. The average molecular weight is 236 g/mol. The third-order valence-corrected chi connectivity index (χ3v) is 5.08. The Morgan fingerprint density at radius 3 is 2.76 bits per heavy atom. The monoisotopic (exact) mass is 236 g/mol. The zero-order valence-electron chi connectivity index (χ0n) is 10.8. The molecule has 3 heteroatoms. The van der Waals surface area contributed by atoms with Crippen molar-refractivity contribution in [3.8, 4) is 0 Å². The molecule has 3 unspecified atom stereocenters. The first-order valence-electron chi connectivity index (χ1n) is 7.18. The molecule has 1 aliphatic heterocycles. The van der Waals surface area contributed by atoms with E-state index in [0.29, 0.717) is 11.8 Å². The molecule has 0 aromatic rings. The molecule has 17 heavy (non-hydrogen) atoms. The highest BCUT2D eigenvalue weighted by molar-refractivity contribution is 5.82. The molecule has 2 saturated carbocycles. The van der Waals surface area contributed by atoms with Gasteiger partial charge in [-0.15, -0.1) is 0 Å². The van der Waals surface area contributed by atoms with Gasteiger partial charge >= 0.3 is 0 Å². The second-order valence-electron chi connectivity index (χ2n) is 6.59. The molecule has 2 aliphatic carbocycles. The molecule has 3 rings (SSSR count). The quantitative estimate of drug-likeness (QED) is 0.780. The maximum Gasteiger partial charge on any atom is 0.223 e. The Morgan fingerprint density at radius 2 is 2.12 bits per heavy atom. The first-order valence-corrected chi connectivity index (χ1v) is 7.18. The summed E-state index contributed by atoms with van der Waals surface area (Å²) in [4.78, 5) is 12.1. The van der Waals surface area contributed by atoms with Crippen LogP contribution >= 0.6 is 0 Å². The van der Waals surface area contributed by atoms with E-state index in [-0.39, 0.29) is 5.41 Å². The highest BCUT2D eigenvalue weighted by Crippen LogP contribution is 2.57. The minimum absolute atomic E-state index is 0.276. The summed E-state index contributed by atoms with van der Waals surface area (Å²) in [6, 6.07) is 0. The van der Waals surface area contributed by atoms with Crippen LogP contribution in [0.5, 0.6) is 0 Å². The van der Waals surface area contributed by atoms with Crippen molar-refractivity contribution in [3.63, 3.8) is 0 Å². The van der Waals surface area contributed by atoms with Gasteiger partial charge in [-0.25, -0.2) is 0 Å². The molecular weight excluding hydrogens is 212 g/mol. The van der Waals surface area contributed by atoms with Gasteiger partial charge in [-0.3, -0.25) is 4.79 Å². The predicted octanol–water partition coefficient (Wildman–Crippen LogP) is 1.54. The molecule has 1 saturated heterocycles. The summed E-state index contributed by atoms with van der Waals surface area (Å²) in [6.45, 7) is 5.32. The lowest BCUT2D eigenvalue weighted by atomic mass is 9.83. The maximum absolute atomic E-state index is 12.1. The van der Waals surface area contributed by atoms with Gasteiger partial charge < -0.3 is 10.6 Å². The Morgan fingerprint density at radius 1 is 1.35 bits per heavy atom. The smallest absolute Gasteiger partial charge is 0.223 e. The standard InChI is InChI=1S/C14H24N2O/c1-14(6-3-7-15-8-14)9-16-13(17)12-10-4-2-5-11(10)12/h10-12,15H,2-9H2,1H3,(H,16,17).